The molecule has 2 amide bonds. The first-order valence-electron chi connectivity index (χ1n) is 15.5. The first-order chi connectivity index (χ1) is 22.0. The van der Waals surface area contributed by atoms with Crippen molar-refractivity contribution in [3.63, 3.8) is 0 Å². The molecule has 232 valence electrons. The van der Waals surface area contributed by atoms with Gasteiger partial charge in [0.15, 0.2) is 0 Å². The molecule has 2 aliphatic heterocycles. The van der Waals surface area contributed by atoms with E-state index in [4.69, 9.17) is 11.6 Å². The molecule has 1 fully saturated rings. The second-order valence-electron chi connectivity index (χ2n) is 11.6. The number of hydrazine groups is 1. The predicted octanol–water partition coefficient (Wildman–Crippen LogP) is 6.25. The maximum Gasteiger partial charge on any atom is 0.273 e. The molecule has 6 rings (SSSR count). The van der Waals surface area contributed by atoms with Gasteiger partial charge in [-0.3, -0.25) is 9.59 Å². The molecule has 0 saturated carbocycles. The highest BCUT2D eigenvalue weighted by atomic mass is 35.5. The summed E-state index contributed by atoms with van der Waals surface area (Å²) in [5.41, 5.74) is 6.63. The summed E-state index contributed by atoms with van der Waals surface area (Å²) in [5.74, 6) is 0.157. The molecule has 0 aliphatic carbocycles. The van der Waals surface area contributed by atoms with Gasteiger partial charge in [-0.25, -0.2) is 14.6 Å². The molecule has 9 heteroatoms. The average Bonchev–Trinajstić information content (AvgIpc) is 3.15. The number of likely N-dealkylation sites (tertiary alicyclic amines) is 1. The first kappa shape index (κ1) is 31.2. The van der Waals surface area contributed by atoms with Crippen LogP contribution in [0.2, 0.25) is 5.02 Å². The molecule has 1 atom stereocenters. The van der Waals surface area contributed by atoms with Gasteiger partial charge in [0, 0.05) is 23.7 Å². The Kier molecular flexibility index (Phi) is 10.1. The minimum Gasteiger partial charge on any atom is -0.352 e. The SMILES string of the molecule is O=C(NCCCN1CCC(Cc2ccccc2)CC1)c1ccc2c(c1)N(NCc1cccc(Cl)c1)C(=O)c1ccccc1S2=O. The van der Waals surface area contributed by atoms with E-state index < -0.39 is 10.8 Å². The molecule has 0 spiro atoms. The molecule has 4 aromatic carbocycles. The van der Waals surface area contributed by atoms with Gasteiger partial charge in [0.05, 0.1) is 31.8 Å². The van der Waals surface area contributed by atoms with Crippen LogP contribution in [0.3, 0.4) is 0 Å². The number of rotatable bonds is 10. The van der Waals surface area contributed by atoms with Crippen LogP contribution in [0.4, 0.5) is 5.69 Å². The third-order valence-electron chi connectivity index (χ3n) is 8.52. The number of piperidine rings is 1. The van der Waals surface area contributed by atoms with Crippen LogP contribution in [0.1, 0.15) is 51.1 Å². The molecule has 0 radical (unpaired) electrons. The zero-order chi connectivity index (χ0) is 31.2. The van der Waals surface area contributed by atoms with E-state index in [0.29, 0.717) is 44.7 Å². The number of hydrogen-bond acceptors (Lipinski definition) is 5. The number of benzene rings is 4. The van der Waals surface area contributed by atoms with E-state index in [2.05, 4.69) is 46.0 Å². The number of fused-ring (bicyclic) bond motifs is 2. The lowest BCUT2D eigenvalue weighted by molar-refractivity contribution is 0.0945. The van der Waals surface area contributed by atoms with E-state index in [-0.39, 0.29) is 11.8 Å². The quantitative estimate of drug-likeness (QED) is 0.201. The minimum atomic E-state index is -1.61. The molecule has 2 aliphatic rings. The Bertz CT molecular complexity index is 1690. The summed E-state index contributed by atoms with van der Waals surface area (Å²) < 4.78 is 13.7. The highest BCUT2D eigenvalue weighted by Gasteiger charge is 2.31. The molecule has 7 nitrogen and oxygen atoms in total. The fourth-order valence-electron chi connectivity index (χ4n) is 6.09. The highest BCUT2D eigenvalue weighted by molar-refractivity contribution is 7.85. The van der Waals surface area contributed by atoms with E-state index >= 15 is 0 Å². The fourth-order valence-corrected chi connectivity index (χ4v) is 7.62. The van der Waals surface area contributed by atoms with Gasteiger partial charge in [-0.2, -0.15) is 0 Å². The maximum atomic E-state index is 13.8. The first-order valence-corrected chi connectivity index (χ1v) is 17.0. The van der Waals surface area contributed by atoms with E-state index in [9.17, 15) is 13.8 Å². The summed E-state index contributed by atoms with van der Waals surface area (Å²) in [5, 5.41) is 5.03. The molecule has 0 bridgehead atoms. The number of nitrogens with zero attached hydrogens (tertiary/aromatic N) is 2. The Balaban J connectivity index is 1.09. The normalized spacial score (nSPS) is 17.0. The van der Waals surface area contributed by atoms with Crippen LogP contribution in [0, 0.1) is 5.92 Å². The lowest BCUT2D eigenvalue weighted by Gasteiger charge is -2.32. The van der Waals surface area contributed by atoms with Crippen molar-refractivity contribution in [2.24, 2.45) is 5.92 Å². The van der Waals surface area contributed by atoms with Crippen molar-refractivity contribution in [1.29, 1.82) is 0 Å². The summed E-state index contributed by atoms with van der Waals surface area (Å²) in [6.07, 6.45) is 4.39. The van der Waals surface area contributed by atoms with E-state index in [1.54, 1.807) is 48.5 Å². The van der Waals surface area contributed by atoms with Gasteiger partial charge < -0.3 is 10.2 Å². The zero-order valence-corrected chi connectivity index (χ0v) is 26.7. The fraction of sp³-hybridized carbons (Fsp3) is 0.278. The molecule has 2 N–H and O–H groups in total. The standard InChI is InChI=1S/C36H37ClN4O3S/c37-30-11-6-10-28(23-30)25-39-41-32-24-29(14-15-34(32)45(44)33-13-5-4-12-31(33)36(41)43)35(42)38-18-7-19-40-20-16-27(17-21-40)22-26-8-2-1-3-9-26/h1-6,8-15,23-24,27,39H,7,16-22,25H2,(H,38,42). The van der Waals surface area contributed by atoms with E-state index in [1.807, 2.05) is 18.2 Å². The Morgan fingerprint density at radius 3 is 2.42 bits per heavy atom. The number of anilines is 1. The van der Waals surface area contributed by atoms with Crippen molar-refractivity contribution in [3.05, 3.63) is 124 Å². The lowest BCUT2D eigenvalue weighted by atomic mass is 9.90. The number of carbonyl (C=O) groups is 2. The molecular weight excluding hydrogens is 604 g/mol. The Hall–Kier alpha value is -3.82. The smallest absolute Gasteiger partial charge is 0.273 e. The molecule has 2 heterocycles. The average molecular weight is 641 g/mol. The van der Waals surface area contributed by atoms with Crippen LogP contribution < -0.4 is 15.8 Å². The van der Waals surface area contributed by atoms with Crippen molar-refractivity contribution in [2.75, 3.05) is 31.2 Å². The molecule has 0 aromatic heterocycles. The van der Waals surface area contributed by atoms with Crippen molar-refractivity contribution < 1.29 is 13.8 Å². The van der Waals surface area contributed by atoms with Crippen molar-refractivity contribution >= 4 is 39.9 Å². The van der Waals surface area contributed by atoms with Crippen LogP contribution in [-0.2, 0) is 23.8 Å². The van der Waals surface area contributed by atoms with Gasteiger partial charge >= 0.3 is 0 Å². The Labute approximate surface area is 272 Å². The number of nitrogens with one attached hydrogen (secondary N) is 2. The number of hydrogen-bond donors (Lipinski definition) is 2. The van der Waals surface area contributed by atoms with Crippen LogP contribution >= 0.6 is 11.6 Å². The summed E-state index contributed by atoms with van der Waals surface area (Å²) >= 11 is 6.18. The Morgan fingerprint density at radius 2 is 1.62 bits per heavy atom. The molecule has 1 saturated heterocycles. The van der Waals surface area contributed by atoms with Gasteiger partial charge in [-0.15, -0.1) is 0 Å². The second-order valence-corrected chi connectivity index (χ2v) is 13.5. The molecular formula is C36H37ClN4O3S. The predicted molar refractivity (Wildman–Crippen MR) is 179 cm³/mol. The molecule has 1 unspecified atom stereocenters. The van der Waals surface area contributed by atoms with Crippen LogP contribution in [-0.4, -0.2) is 47.1 Å². The van der Waals surface area contributed by atoms with Gasteiger partial charge in [0.2, 0.25) is 0 Å². The van der Waals surface area contributed by atoms with Crippen molar-refractivity contribution in [1.82, 2.24) is 15.6 Å². The van der Waals surface area contributed by atoms with Crippen LogP contribution in [0.15, 0.2) is 107 Å². The monoisotopic (exact) mass is 640 g/mol. The minimum absolute atomic E-state index is 0.228. The van der Waals surface area contributed by atoms with E-state index in [1.165, 1.54) is 23.4 Å². The van der Waals surface area contributed by atoms with Gasteiger partial charge in [-0.05, 0) is 105 Å². The van der Waals surface area contributed by atoms with Gasteiger partial charge in [0.25, 0.3) is 11.8 Å². The van der Waals surface area contributed by atoms with E-state index in [0.717, 1.165) is 44.0 Å². The summed E-state index contributed by atoms with van der Waals surface area (Å²) in [6, 6.07) is 30.0. The Morgan fingerprint density at radius 1 is 0.867 bits per heavy atom. The number of amides is 2. The van der Waals surface area contributed by atoms with Crippen LogP contribution in [0.5, 0.6) is 0 Å². The number of carbonyl (C=O) groups excluding carboxylic acids is 2. The third-order valence-corrected chi connectivity index (χ3v) is 10.3. The largest absolute Gasteiger partial charge is 0.352 e. The maximum absolute atomic E-state index is 13.8. The summed E-state index contributed by atoms with van der Waals surface area (Å²) in [4.78, 5) is 30.4. The molecule has 45 heavy (non-hydrogen) atoms. The van der Waals surface area contributed by atoms with Gasteiger partial charge in [-0.1, -0.05) is 66.2 Å². The van der Waals surface area contributed by atoms with Crippen molar-refractivity contribution in [3.8, 4) is 0 Å². The van der Waals surface area contributed by atoms with Crippen LogP contribution in [0.25, 0.3) is 0 Å². The third kappa shape index (κ3) is 7.53. The lowest BCUT2D eigenvalue weighted by Crippen LogP contribution is -2.43. The number of halogens is 1. The molecule has 4 aromatic rings. The van der Waals surface area contributed by atoms with Crippen molar-refractivity contribution in [2.45, 2.75) is 42.0 Å². The van der Waals surface area contributed by atoms with Gasteiger partial charge in [0.1, 0.15) is 0 Å². The summed E-state index contributed by atoms with van der Waals surface area (Å²) in [7, 11) is -1.61. The summed E-state index contributed by atoms with van der Waals surface area (Å²) in [6.45, 7) is 3.96. The highest BCUT2D eigenvalue weighted by Crippen LogP contribution is 2.34. The topological polar surface area (TPSA) is 81.8 Å². The second kappa shape index (κ2) is 14.5. The zero-order valence-electron chi connectivity index (χ0n) is 25.1.